The van der Waals surface area contributed by atoms with Crippen molar-refractivity contribution in [1.82, 2.24) is 20.4 Å². The Hall–Kier alpha value is -1.08. The highest BCUT2D eigenvalue weighted by Crippen LogP contribution is 2.34. The van der Waals surface area contributed by atoms with Crippen LogP contribution in [0.15, 0.2) is 4.52 Å². The summed E-state index contributed by atoms with van der Waals surface area (Å²) in [6.45, 7) is 5.27. The second kappa shape index (κ2) is 3.46. The van der Waals surface area contributed by atoms with Gasteiger partial charge in [-0.1, -0.05) is 5.16 Å². The molecular weight excluding hydrogens is 230 g/mol. The van der Waals surface area contributed by atoms with Gasteiger partial charge in [-0.2, -0.15) is 13.8 Å². The molecule has 1 aromatic heterocycles. The first-order valence-corrected chi connectivity index (χ1v) is 5.61. The van der Waals surface area contributed by atoms with Crippen LogP contribution in [0.5, 0.6) is 0 Å². The van der Waals surface area contributed by atoms with Crippen LogP contribution in [0.25, 0.3) is 0 Å². The third-order valence-electron chi connectivity index (χ3n) is 3.34. The average Bonchev–Trinajstić information content (AvgIpc) is 2.54. The van der Waals surface area contributed by atoms with Crippen molar-refractivity contribution >= 4 is 0 Å². The fourth-order valence-electron chi connectivity index (χ4n) is 2.41. The number of rotatable bonds is 3. The van der Waals surface area contributed by atoms with E-state index in [9.17, 15) is 8.78 Å². The van der Waals surface area contributed by atoms with E-state index in [-0.39, 0.29) is 5.89 Å². The molecule has 7 heteroatoms. The molecule has 0 atom stereocenters. The van der Waals surface area contributed by atoms with E-state index in [4.69, 9.17) is 4.52 Å². The summed E-state index contributed by atoms with van der Waals surface area (Å²) in [5, 5.41) is 6.53. The third kappa shape index (κ3) is 1.93. The number of nitrogens with zero attached hydrogens (tertiary/aromatic N) is 3. The van der Waals surface area contributed by atoms with Crippen LogP contribution < -0.4 is 5.32 Å². The normalized spacial score (nSPS) is 23.5. The molecule has 0 aromatic carbocycles. The number of likely N-dealkylation sites (tertiary alicyclic amines) is 1. The second-order valence-electron chi connectivity index (χ2n) is 5.15. The van der Waals surface area contributed by atoms with Gasteiger partial charge in [0, 0.05) is 38.5 Å². The van der Waals surface area contributed by atoms with E-state index in [1.807, 2.05) is 0 Å². The Bertz CT molecular complexity index is 416. The van der Waals surface area contributed by atoms with Gasteiger partial charge in [0.2, 0.25) is 11.7 Å². The monoisotopic (exact) mass is 244 g/mol. The second-order valence-corrected chi connectivity index (χ2v) is 5.15. The van der Waals surface area contributed by atoms with Crippen molar-refractivity contribution in [2.45, 2.75) is 19.4 Å². The maximum absolute atomic E-state index is 12.9. The van der Waals surface area contributed by atoms with Crippen LogP contribution in [0.4, 0.5) is 8.78 Å². The minimum absolute atomic E-state index is 0.267. The van der Waals surface area contributed by atoms with Crippen molar-refractivity contribution in [3.05, 3.63) is 11.7 Å². The van der Waals surface area contributed by atoms with Crippen molar-refractivity contribution in [2.24, 2.45) is 5.41 Å². The van der Waals surface area contributed by atoms with Crippen LogP contribution >= 0.6 is 0 Å². The maximum Gasteiger partial charge on any atom is 0.307 e. The molecule has 2 aliphatic rings. The molecule has 2 saturated heterocycles. The first kappa shape index (κ1) is 11.0. The van der Waals surface area contributed by atoms with Crippen LogP contribution in [0.2, 0.25) is 0 Å². The van der Waals surface area contributed by atoms with Crippen molar-refractivity contribution in [3.8, 4) is 0 Å². The SMILES string of the molecule is CC(F)(F)c1noc(CN2CC3(CNC3)C2)n1. The largest absolute Gasteiger partial charge is 0.338 e. The van der Waals surface area contributed by atoms with Gasteiger partial charge in [-0.15, -0.1) is 0 Å². The van der Waals surface area contributed by atoms with Gasteiger partial charge in [0.15, 0.2) is 0 Å². The lowest BCUT2D eigenvalue weighted by Gasteiger charge is -2.55. The molecule has 17 heavy (non-hydrogen) atoms. The fourth-order valence-corrected chi connectivity index (χ4v) is 2.41. The molecule has 0 radical (unpaired) electrons. The van der Waals surface area contributed by atoms with E-state index in [1.54, 1.807) is 0 Å². The smallest absolute Gasteiger partial charge is 0.307 e. The molecule has 2 fully saturated rings. The van der Waals surface area contributed by atoms with Gasteiger partial charge in [0.25, 0.3) is 0 Å². The van der Waals surface area contributed by atoms with E-state index in [0.29, 0.717) is 12.0 Å². The van der Waals surface area contributed by atoms with E-state index in [1.165, 1.54) is 0 Å². The van der Waals surface area contributed by atoms with Crippen LogP contribution in [-0.4, -0.2) is 41.2 Å². The van der Waals surface area contributed by atoms with Crippen LogP contribution in [0, 0.1) is 5.41 Å². The molecule has 1 aromatic rings. The van der Waals surface area contributed by atoms with E-state index in [2.05, 4.69) is 20.4 Å². The molecule has 0 unspecified atom stereocenters. The zero-order valence-corrected chi connectivity index (χ0v) is 9.54. The number of hydrogen-bond donors (Lipinski definition) is 1. The number of hydrogen-bond acceptors (Lipinski definition) is 5. The summed E-state index contributed by atoms with van der Waals surface area (Å²) < 4.78 is 30.6. The number of halogens is 2. The van der Waals surface area contributed by atoms with Gasteiger partial charge in [0.1, 0.15) is 0 Å². The van der Waals surface area contributed by atoms with E-state index >= 15 is 0 Å². The molecule has 2 aliphatic heterocycles. The Kier molecular flexibility index (Phi) is 2.24. The average molecular weight is 244 g/mol. The molecular formula is C10H14F2N4O. The van der Waals surface area contributed by atoms with Gasteiger partial charge in [-0.3, -0.25) is 4.90 Å². The highest BCUT2D eigenvalue weighted by molar-refractivity contribution is 5.05. The molecule has 1 spiro atoms. The lowest BCUT2D eigenvalue weighted by molar-refractivity contribution is -0.0490. The molecule has 5 nitrogen and oxygen atoms in total. The summed E-state index contributed by atoms with van der Waals surface area (Å²) in [6, 6.07) is 0. The fraction of sp³-hybridized carbons (Fsp3) is 0.800. The predicted molar refractivity (Wildman–Crippen MR) is 54.4 cm³/mol. The summed E-state index contributed by atoms with van der Waals surface area (Å²) in [7, 11) is 0. The van der Waals surface area contributed by atoms with Crippen molar-refractivity contribution < 1.29 is 13.3 Å². The van der Waals surface area contributed by atoms with E-state index < -0.39 is 11.7 Å². The summed E-state index contributed by atoms with van der Waals surface area (Å²) in [5.74, 6) is -3.30. The molecule has 0 bridgehead atoms. The molecule has 3 heterocycles. The number of aromatic nitrogens is 2. The highest BCUT2D eigenvalue weighted by Gasteiger charge is 2.47. The molecule has 0 aliphatic carbocycles. The van der Waals surface area contributed by atoms with Crippen LogP contribution in [0.1, 0.15) is 18.6 Å². The zero-order chi connectivity index (χ0) is 12.1. The molecule has 3 rings (SSSR count). The molecule has 94 valence electrons. The van der Waals surface area contributed by atoms with Crippen molar-refractivity contribution in [2.75, 3.05) is 26.2 Å². The van der Waals surface area contributed by atoms with E-state index in [0.717, 1.165) is 33.1 Å². The Morgan fingerprint density at radius 3 is 2.65 bits per heavy atom. The summed E-state index contributed by atoms with van der Waals surface area (Å²) in [4.78, 5) is 5.84. The summed E-state index contributed by atoms with van der Waals surface area (Å²) in [6.07, 6.45) is 0. The van der Waals surface area contributed by atoms with Gasteiger partial charge in [-0.25, -0.2) is 0 Å². The molecule has 0 amide bonds. The lowest BCUT2D eigenvalue weighted by Crippen LogP contribution is -2.70. The zero-order valence-electron chi connectivity index (χ0n) is 9.54. The first-order chi connectivity index (χ1) is 7.97. The van der Waals surface area contributed by atoms with Crippen molar-refractivity contribution in [1.29, 1.82) is 0 Å². The summed E-state index contributed by atoms with van der Waals surface area (Å²) in [5.41, 5.74) is 0.414. The quantitative estimate of drug-likeness (QED) is 0.843. The standard InChI is InChI=1S/C10H14F2N4O/c1-9(11,12)8-14-7(17-15-8)2-16-5-10(6-16)3-13-4-10/h13H,2-6H2,1H3. The third-order valence-corrected chi connectivity index (χ3v) is 3.34. The Balaban J connectivity index is 1.57. The van der Waals surface area contributed by atoms with Gasteiger partial charge in [0.05, 0.1) is 6.54 Å². The van der Waals surface area contributed by atoms with Crippen LogP contribution in [-0.2, 0) is 12.5 Å². The number of alkyl halides is 2. The Labute approximate surface area is 97.2 Å². The number of nitrogens with one attached hydrogen (secondary N) is 1. The Morgan fingerprint density at radius 2 is 2.18 bits per heavy atom. The van der Waals surface area contributed by atoms with Gasteiger partial charge >= 0.3 is 5.92 Å². The van der Waals surface area contributed by atoms with Crippen molar-refractivity contribution in [3.63, 3.8) is 0 Å². The minimum Gasteiger partial charge on any atom is -0.338 e. The topological polar surface area (TPSA) is 54.2 Å². The molecule has 1 N–H and O–H groups in total. The highest BCUT2D eigenvalue weighted by atomic mass is 19.3. The molecule has 0 saturated carbocycles. The predicted octanol–water partition coefficient (Wildman–Crippen LogP) is 0.586. The minimum atomic E-state index is -3.03. The van der Waals surface area contributed by atoms with Crippen LogP contribution in [0.3, 0.4) is 0 Å². The Morgan fingerprint density at radius 1 is 1.47 bits per heavy atom. The lowest BCUT2D eigenvalue weighted by atomic mass is 9.74. The summed E-state index contributed by atoms with van der Waals surface area (Å²) >= 11 is 0. The van der Waals surface area contributed by atoms with Gasteiger partial charge < -0.3 is 9.84 Å². The van der Waals surface area contributed by atoms with Gasteiger partial charge in [-0.05, 0) is 0 Å². The first-order valence-electron chi connectivity index (χ1n) is 5.61. The maximum atomic E-state index is 12.9.